The van der Waals surface area contributed by atoms with Crippen molar-refractivity contribution in [2.45, 2.75) is 20.3 Å². The number of aromatic nitrogens is 4. The number of halogens is 1. The van der Waals surface area contributed by atoms with Crippen LogP contribution >= 0.6 is 11.6 Å². The van der Waals surface area contributed by atoms with Gasteiger partial charge in [0.2, 0.25) is 0 Å². The molecule has 1 aromatic carbocycles. The second-order valence-electron chi connectivity index (χ2n) is 4.45. The van der Waals surface area contributed by atoms with Crippen molar-refractivity contribution >= 4 is 28.9 Å². The number of benzene rings is 1. The Labute approximate surface area is 121 Å². The molecule has 3 aromatic rings. The van der Waals surface area contributed by atoms with Crippen LogP contribution in [0.1, 0.15) is 18.2 Å². The van der Waals surface area contributed by atoms with Crippen molar-refractivity contribution < 1.29 is 0 Å². The highest BCUT2D eigenvalue weighted by atomic mass is 35.5. The molecule has 6 heteroatoms. The van der Waals surface area contributed by atoms with Crippen LogP contribution in [0.15, 0.2) is 30.6 Å². The number of nitrogens with zero attached hydrogens (tertiary/aromatic N) is 4. The van der Waals surface area contributed by atoms with Crippen LogP contribution in [0, 0.1) is 6.92 Å². The number of aryl methyl sites for hydroxylation is 1. The van der Waals surface area contributed by atoms with Gasteiger partial charge in [0, 0.05) is 11.3 Å². The zero-order chi connectivity index (χ0) is 14.1. The summed E-state index contributed by atoms with van der Waals surface area (Å²) in [5.41, 5.74) is 2.89. The molecule has 0 saturated heterocycles. The summed E-state index contributed by atoms with van der Waals surface area (Å²) in [6.07, 6.45) is 2.35. The molecular weight excluding hydrogens is 274 g/mol. The Bertz CT molecular complexity index is 765. The molecule has 2 aromatic heterocycles. The molecule has 0 spiro atoms. The minimum absolute atomic E-state index is 0.578. The first kappa shape index (κ1) is 12.9. The van der Waals surface area contributed by atoms with Gasteiger partial charge in [-0.2, -0.15) is 14.6 Å². The lowest BCUT2D eigenvalue weighted by Gasteiger charge is -2.14. The van der Waals surface area contributed by atoms with E-state index in [9.17, 15) is 0 Å². The van der Waals surface area contributed by atoms with Gasteiger partial charge in [-0.3, -0.25) is 0 Å². The number of fused-ring (bicyclic) bond motifs is 1. The molecule has 0 fully saturated rings. The van der Waals surface area contributed by atoms with E-state index in [0.717, 1.165) is 29.2 Å². The molecule has 102 valence electrons. The smallest absolute Gasteiger partial charge is 0.254 e. The highest BCUT2D eigenvalue weighted by Crippen LogP contribution is 2.28. The Morgan fingerprint density at radius 1 is 1.30 bits per heavy atom. The van der Waals surface area contributed by atoms with E-state index in [-0.39, 0.29) is 0 Å². The maximum Gasteiger partial charge on any atom is 0.254 e. The second-order valence-corrected chi connectivity index (χ2v) is 4.86. The fourth-order valence-corrected chi connectivity index (χ4v) is 2.41. The summed E-state index contributed by atoms with van der Waals surface area (Å²) in [4.78, 5) is 8.59. The summed E-state index contributed by atoms with van der Waals surface area (Å²) in [6.45, 7) is 4.07. The van der Waals surface area contributed by atoms with Crippen molar-refractivity contribution in [1.82, 2.24) is 19.6 Å². The van der Waals surface area contributed by atoms with E-state index in [2.05, 4.69) is 27.3 Å². The summed E-state index contributed by atoms with van der Waals surface area (Å²) in [6, 6.07) is 7.62. The topological polar surface area (TPSA) is 55.1 Å². The summed E-state index contributed by atoms with van der Waals surface area (Å²) in [5.74, 6) is 1.44. The average Bonchev–Trinajstić information content (AvgIpc) is 2.89. The minimum atomic E-state index is 0.578. The maximum atomic E-state index is 6.21. The molecule has 0 amide bonds. The van der Waals surface area contributed by atoms with Crippen molar-refractivity contribution in [2.75, 3.05) is 5.32 Å². The molecule has 0 aliphatic rings. The van der Waals surface area contributed by atoms with Crippen LogP contribution < -0.4 is 5.32 Å². The van der Waals surface area contributed by atoms with Crippen molar-refractivity contribution in [3.63, 3.8) is 0 Å². The molecule has 0 aliphatic heterocycles. The molecule has 0 unspecified atom stereocenters. The Morgan fingerprint density at radius 2 is 2.10 bits per heavy atom. The standard InChI is InChI=1S/C14H14ClN5/c1-3-10-9(2)18-14-16-8-17-20(14)13(10)19-12-7-5-4-6-11(12)15/h4-8,19H,3H2,1-2H3. The van der Waals surface area contributed by atoms with E-state index in [1.54, 1.807) is 4.52 Å². The van der Waals surface area contributed by atoms with E-state index >= 15 is 0 Å². The second kappa shape index (κ2) is 5.09. The number of hydrogen-bond donors (Lipinski definition) is 1. The van der Waals surface area contributed by atoms with Gasteiger partial charge in [0.25, 0.3) is 5.78 Å². The van der Waals surface area contributed by atoms with E-state index < -0.39 is 0 Å². The van der Waals surface area contributed by atoms with Crippen molar-refractivity contribution in [1.29, 1.82) is 0 Å². The molecule has 0 atom stereocenters. The largest absolute Gasteiger partial charge is 0.339 e. The van der Waals surface area contributed by atoms with E-state index in [1.807, 2.05) is 31.2 Å². The molecule has 1 N–H and O–H groups in total. The molecular formula is C14H14ClN5. The van der Waals surface area contributed by atoms with Crippen LogP contribution in [-0.2, 0) is 6.42 Å². The van der Waals surface area contributed by atoms with Gasteiger partial charge in [-0.25, -0.2) is 4.98 Å². The van der Waals surface area contributed by atoms with E-state index in [4.69, 9.17) is 11.6 Å². The predicted octanol–water partition coefficient (Wildman–Crippen LogP) is 3.39. The lowest BCUT2D eigenvalue weighted by Crippen LogP contribution is -2.08. The van der Waals surface area contributed by atoms with Gasteiger partial charge in [-0.15, -0.1) is 0 Å². The minimum Gasteiger partial charge on any atom is -0.339 e. The summed E-state index contributed by atoms with van der Waals surface area (Å²) >= 11 is 6.21. The molecule has 5 nitrogen and oxygen atoms in total. The SMILES string of the molecule is CCc1c(C)nc2ncnn2c1Nc1ccccc1Cl. The van der Waals surface area contributed by atoms with Gasteiger partial charge < -0.3 is 5.32 Å². The zero-order valence-corrected chi connectivity index (χ0v) is 12.0. The average molecular weight is 288 g/mol. The van der Waals surface area contributed by atoms with E-state index in [1.165, 1.54) is 6.33 Å². The Balaban J connectivity index is 2.19. The molecule has 0 radical (unpaired) electrons. The highest BCUT2D eigenvalue weighted by Gasteiger charge is 2.14. The first-order chi connectivity index (χ1) is 9.70. The summed E-state index contributed by atoms with van der Waals surface area (Å²) < 4.78 is 1.70. The molecule has 20 heavy (non-hydrogen) atoms. The zero-order valence-electron chi connectivity index (χ0n) is 11.3. The molecule has 3 rings (SSSR count). The maximum absolute atomic E-state index is 6.21. The lowest BCUT2D eigenvalue weighted by atomic mass is 10.1. The van der Waals surface area contributed by atoms with Crippen LogP contribution in [0.4, 0.5) is 11.5 Å². The number of anilines is 2. The quantitative estimate of drug-likeness (QED) is 0.802. The van der Waals surface area contributed by atoms with E-state index in [0.29, 0.717) is 10.8 Å². The number of nitrogens with one attached hydrogen (secondary N) is 1. The van der Waals surface area contributed by atoms with Gasteiger partial charge in [0.15, 0.2) is 0 Å². The summed E-state index contributed by atoms with van der Waals surface area (Å²) in [5, 5.41) is 8.25. The van der Waals surface area contributed by atoms with Gasteiger partial charge in [0.05, 0.1) is 10.7 Å². The monoisotopic (exact) mass is 287 g/mol. The predicted molar refractivity (Wildman–Crippen MR) is 79.6 cm³/mol. The normalized spacial score (nSPS) is 10.9. The van der Waals surface area contributed by atoms with Crippen LogP contribution in [-0.4, -0.2) is 19.6 Å². The third-order valence-electron chi connectivity index (χ3n) is 3.21. The Hall–Kier alpha value is -2.14. The van der Waals surface area contributed by atoms with Gasteiger partial charge in [-0.05, 0) is 25.5 Å². The number of hydrogen-bond acceptors (Lipinski definition) is 4. The highest BCUT2D eigenvalue weighted by molar-refractivity contribution is 6.33. The Kier molecular flexibility index (Phi) is 3.28. The van der Waals surface area contributed by atoms with Crippen molar-refractivity contribution in [2.24, 2.45) is 0 Å². The van der Waals surface area contributed by atoms with Gasteiger partial charge >= 0.3 is 0 Å². The molecule has 0 saturated carbocycles. The first-order valence-electron chi connectivity index (χ1n) is 6.41. The van der Waals surface area contributed by atoms with Crippen LogP contribution in [0.3, 0.4) is 0 Å². The molecule has 2 heterocycles. The fraction of sp³-hybridized carbons (Fsp3) is 0.214. The lowest BCUT2D eigenvalue weighted by molar-refractivity contribution is 0.903. The van der Waals surface area contributed by atoms with Crippen molar-refractivity contribution in [3.05, 3.63) is 46.9 Å². The van der Waals surface area contributed by atoms with Gasteiger partial charge in [0.1, 0.15) is 12.1 Å². The molecule has 0 aliphatic carbocycles. The van der Waals surface area contributed by atoms with Gasteiger partial charge in [-0.1, -0.05) is 30.7 Å². The van der Waals surface area contributed by atoms with Crippen LogP contribution in [0.25, 0.3) is 5.78 Å². The summed E-state index contributed by atoms with van der Waals surface area (Å²) in [7, 11) is 0. The third kappa shape index (κ3) is 2.10. The van der Waals surface area contributed by atoms with Crippen LogP contribution in [0.5, 0.6) is 0 Å². The fourth-order valence-electron chi connectivity index (χ4n) is 2.23. The number of rotatable bonds is 3. The first-order valence-corrected chi connectivity index (χ1v) is 6.79. The van der Waals surface area contributed by atoms with Crippen LogP contribution in [0.2, 0.25) is 5.02 Å². The number of para-hydroxylation sites is 1. The van der Waals surface area contributed by atoms with Crippen molar-refractivity contribution in [3.8, 4) is 0 Å². The third-order valence-corrected chi connectivity index (χ3v) is 3.54. The Morgan fingerprint density at radius 3 is 2.85 bits per heavy atom. The molecule has 0 bridgehead atoms.